The molecular weight excluding hydrogens is 256 g/mol. The summed E-state index contributed by atoms with van der Waals surface area (Å²) in [6.45, 7) is 1.84. The Morgan fingerprint density at radius 3 is 2.78 bits per heavy atom. The van der Waals surface area contributed by atoms with Gasteiger partial charge in [-0.25, -0.2) is 8.42 Å². The maximum atomic E-state index is 12.2. The molecule has 0 atom stereocenters. The van der Waals surface area contributed by atoms with E-state index in [1.165, 1.54) is 12.1 Å². The van der Waals surface area contributed by atoms with Crippen LogP contribution in [-0.2, 0) is 10.0 Å². The minimum absolute atomic E-state index is 0.0918. The lowest BCUT2D eigenvalue weighted by Crippen LogP contribution is -2.31. The number of fused-ring (bicyclic) bond motifs is 1. The number of sulfonamides is 1. The van der Waals surface area contributed by atoms with Gasteiger partial charge in [-0.05, 0) is 12.1 Å². The summed E-state index contributed by atoms with van der Waals surface area (Å²) in [5, 5.41) is 8.63. The topological polar surface area (TPSA) is 79.6 Å². The van der Waals surface area contributed by atoms with Crippen molar-refractivity contribution in [1.29, 1.82) is 5.26 Å². The van der Waals surface area contributed by atoms with Crippen LogP contribution in [0.4, 0.5) is 0 Å². The van der Waals surface area contributed by atoms with Gasteiger partial charge in [0.2, 0.25) is 16.8 Å². The number of nitriles is 1. The summed E-state index contributed by atoms with van der Waals surface area (Å²) in [6.07, 6.45) is 0. The average molecular weight is 268 g/mol. The number of nitrogens with zero attached hydrogens (tertiary/aromatic N) is 2. The number of hydrogen-bond acceptors (Lipinski definition) is 5. The molecule has 0 saturated carbocycles. The van der Waals surface area contributed by atoms with Crippen molar-refractivity contribution in [3.05, 3.63) is 18.2 Å². The fourth-order valence-electron chi connectivity index (χ4n) is 1.63. The molecule has 0 aromatic heterocycles. The fraction of sp³-hybridized carbons (Fsp3) is 0.364. The second-order valence-electron chi connectivity index (χ2n) is 3.60. The van der Waals surface area contributed by atoms with Crippen molar-refractivity contribution >= 4 is 10.0 Å². The van der Waals surface area contributed by atoms with E-state index in [0.717, 1.165) is 4.31 Å². The van der Waals surface area contributed by atoms with Crippen LogP contribution in [0.5, 0.6) is 11.5 Å². The standard InChI is InChI=1S/C11H12N2O4S/c1-2-13(6-5-12)18(14,15)9-3-4-10-11(7-9)17-8-16-10/h3-4,7H,2,6,8H2,1H3. The summed E-state index contributed by atoms with van der Waals surface area (Å²) in [5.41, 5.74) is 0. The van der Waals surface area contributed by atoms with E-state index < -0.39 is 10.0 Å². The molecule has 0 amide bonds. The molecular formula is C11H12N2O4S. The number of ether oxygens (including phenoxy) is 2. The second kappa shape index (κ2) is 4.84. The molecule has 1 aromatic rings. The van der Waals surface area contributed by atoms with Gasteiger partial charge in [-0.15, -0.1) is 0 Å². The molecule has 1 aromatic carbocycles. The maximum Gasteiger partial charge on any atom is 0.244 e. The summed E-state index contributed by atoms with van der Waals surface area (Å²) in [5.74, 6) is 0.932. The fourth-order valence-corrected chi connectivity index (χ4v) is 2.99. The lowest BCUT2D eigenvalue weighted by Gasteiger charge is -2.17. The van der Waals surface area contributed by atoms with Crippen LogP contribution in [0.15, 0.2) is 23.1 Å². The van der Waals surface area contributed by atoms with Crippen LogP contribution in [0.25, 0.3) is 0 Å². The SMILES string of the molecule is CCN(CC#N)S(=O)(=O)c1ccc2c(c1)OCO2. The Labute approximate surface area is 105 Å². The predicted octanol–water partition coefficient (Wildman–Crippen LogP) is 0.949. The third-order valence-electron chi connectivity index (χ3n) is 2.58. The van der Waals surface area contributed by atoms with Gasteiger partial charge >= 0.3 is 0 Å². The summed E-state index contributed by atoms with van der Waals surface area (Å²) in [4.78, 5) is 0.101. The summed E-state index contributed by atoms with van der Waals surface area (Å²) in [6, 6.07) is 6.25. The molecule has 0 aliphatic carbocycles. The van der Waals surface area contributed by atoms with Crippen LogP contribution in [0.1, 0.15) is 6.92 Å². The lowest BCUT2D eigenvalue weighted by atomic mass is 10.3. The Balaban J connectivity index is 2.38. The van der Waals surface area contributed by atoms with Crippen molar-refractivity contribution in [3.8, 4) is 17.6 Å². The van der Waals surface area contributed by atoms with Gasteiger partial charge in [0.1, 0.15) is 6.54 Å². The van der Waals surface area contributed by atoms with Gasteiger partial charge in [-0.1, -0.05) is 6.92 Å². The predicted molar refractivity (Wildman–Crippen MR) is 62.6 cm³/mol. The van der Waals surface area contributed by atoms with Crippen molar-refractivity contribution in [2.75, 3.05) is 19.9 Å². The van der Waals surface area contributed by atoms with Gasteiger partial charge in [-0.3, -0.25) is 0 Å². The summed E-state index contributed by atoms with van der Waals surface area (Å²) in [7, 11) is -3.66. The first-order chi connectivity index (χ1) is 8.59. The van der Waals surface area contributed by atoms with Crippen molar-refractivity contribution in [2.45, 2.75) is 11.8 Å². The van der Waals surface area contributed by atoms with Crippen molar-refractivity contribution in [2.24, 2.45) is 0 Å². The Morgan fingerprint density at radius 1 is 1.39 bits per heavy atom. The number of hydrogen-bond donors (Lipinski definition) is 0. The smallest absolute Gasteiger partial charge is 0.244 e. The molecule has 0 bridgehead atoms. The molecule has 18 heavy (non-hydrogen) atoms. The highest BCUT2D eigenvalue weighted by Gasteiger charge is 2.25. The van der Waals surface area contributed by atoms with Gasteiger partial charge in [0, 0.05) is 12.6 Å². The van der Waals surface area contributed by atoms with Crippen LogP contribution in [-0.4, -0.2) is 32.6 Å². The van der Waals surface area contributed by atoms with Crippen LogP contribution in [0, 0.1) is 11.3 Å². The van der Waals surface area contributed by atoms with Gasteiger partial charge in [0.25, 0.3) is 0 Å². The Hall–Kier alpha value is -1.78. The Bertz CT molecular complexity index is 592. The minimum Gasteiger partial charge on any atom is -0.454 e. The van der Waals surface area contributed by atoms with Crippen LogP contribution in [0.3, 0.4) is 0 Å². The van der Waals surface area contributed by atoms with E-state index in [2.05, 4.69) is 0 Å². The largest absolute Gasteiger partial charge is 0.454 e. The first kappa shape index (κ1) is 12.7. The molecule has 6 nitrogen and oxygen atoms in total. The molecule has 0 spiro atoms. The van der Waals surface area contributed by atoms with Crippen molar-refractivity contribution in [1.82, 2.24) is 4.31 Å². The lowest BCUT2D eigenvalue weighted by molar-refractivity contribution is 0.174. The van der Waals surface area contributed by atoms with Crippen LogP contribution >= 0.6 is 0 Å². The number of benzene rings is 1. The zero-order valence-electron chi connectivity index (χ0n) is 9.79. The number of rotatable bonds is 4. The van der Waals surface area contributed by atoms with E-state index in [1.54, 1.807) is 13.0 Å². The van der Waals surface area contributed by atoms with Crippen LogP contribution < -0.4 is 9.47 Å². The highest BCUT2D eigenvalue weighted by molar-refractivity contribution is 7.89. The molecule has 0 fully saturated rings. The van der Waals surface area contributed by atoms with Gasteiger partial charge < -0.3 is 9.47 Å². The van der Waals surface area contributed by atoms with Gasteiger partial charge in [-0.2, -0.15) is 9.57 Å². The van der Waals surface area contributed by atoms with Crippen LogP contribution in [0.2, 0.25) is 0 Å². The first-order valence-corrected chi connectivity index (χ1v) is 6.80. The average Bonchev–Trinajstić information content (AvgIpc) is 2.82. The molecule has 2 rings (SSSR count). The van der Waals surface area contributed by atoms with E-state index >= 15 is 0 Å². The molecule has 96 valence electrons. The van der Waals surface area contributed by atoms with E-state index in [-0.39, 0.29) is 24.8 Å². The van der Waals surface area contributed by atoms with Gasteiger partial charge in [0.05, 0.1) is 11.0 Å². The maximum absolute atomic E-state index is 12.2. The van der Waals surface area contributed by atoms with E-state index in [9.17, 15) is 8.42 Å². The third kappa shape index (κ3) is 2.12. The quantitative estimate of drug-likeness (QED) is 0.759. The summed E-state index contributed by atoms with van der Waals surface area (Å²) >= 11 is 0. The van der Waals surface area contributed by atoms with E-state index in [0.29, 0.717) is 11.5 Å². The highest BCUT2D eigenvalue weighted by Crippen LogP contribution is 2.34. The van der Waals surface area contributed by atoms with Crippen molar-refractivity contribution < 1.29 is 17.9 Å². The summed E-state index contributed by atoms with van der Waals surface area (Å²) < 4.78 is 35.8. The van der Waals surface area contributed by atoms with Crippen molar-refractivity contribution in [3.63, 3.8) is 0 Å². The molecule has 0 saturated heterocycles. The zero-order valence-corrected chi connectivity index (χ0v) is 10.6. The Morgan fingerprint density at radius 2 is 2.11 bits per heavy atom. The molecule has 1 heterocycles. The molecule has 1 aliphatic heterocycles. The molecule has 0 radical (unpaired) electrons. The van der Waals surface area contributed by atoms with E-state index in [1.807, 2.05) is 6.07 Å². The Kier molecular flexibility index (Phi) is 3.41. The minimum atomic E-state index is -3.66. The second-order valence-corrected chi connectivity index (χ2v) is 5.54. The molecule has 0 N–H and O–H groups in total. The monoisotopic (exact) mass is 268 g/mol. The molecule has 0 unspecified atom stereocenters. The van der Waals surface area contributed by atoms with Gasteiger partial charge in [0.15, 0.2) is 11.5 Å². The van der Waals surface area contributed by atoms with E-state index in [4.69, 9.17) is 14.7 Å². The normalized spacial score (nSPS) is 13.6. The third-order valence-corrected chi connectivity index (χ3v) is 4.50. The highest BCUT2D eigenvalue weighted by atomic mass is 32.2. The first-order valence-electron chi connectivity index (χ1n) is 5.36. The molecule has 7 heteroatoms. The zero-order chi connectivity index (χ0) is 13.2. The molecule has 1 aliphatic rings.